The number of aromatic nitrogens is 4. The molecule has 146 valence electrons. The van der Waals surface area contributed by atoms with Crippen molar-refractivity contribution >= 4 is 5.91 Å². The van der Waals surface area contributed by atoms with Crippen molar-refractivity contribution in [3.05, 3.63) is 58.8 Å². The first-order valence-corrected chi connectivity index (χ1v) is 9.36. The number of imidazole rings is 1. The maximum atomic E-state index is 12.5. The Labute approximate surface area is 162 Å². The highest BCUT2D eigenvalue weighted by molar-refractivity contribution is 5.94. The molecule has 2 N–H and O–H groups in total. The minimum absolute atomic E-state index is 0.131. The largest absolute Gasteiger partial charge is 0.497 e. The summed E-state index contributed by atoms with van der Waals surface area (Å²) in [6.45, 7) is 4.54. The molecule has 1 aliphatic heterocycles. The predicted octanol–water partition coefficient (Wildman–Crippen LogP) is 2.59. The number of hydrogen-bond acceptors (Lipinski definition) is 6. The molecule has 2 aromatic heterocycles. The molecule has 0 saturated carbocycles. The number of aromatic amines is 1. The van der Waals surface area contributed by atoms with Crippen LogP contribution >= 0.6 is 0 Å². The third-order valence-electron chi connectivity index (χ3n) is 4.87. The highest BCUT2D eigenvalue weighted by Crippen LogP contribution is 2.27. The summed E-state index contributed by atoms with van der Waals surface area (Å²) in [5, 5.41) is 6.97. The van der Waals surface area contributed by atoms with Crippen LogP contribution in [0.15, 0.2) is 28.8 Å². The molecule has 0 radical (unpaired) electrons. The van der Waals surface area contributed by atoms with Crippen LogP contribution in [0.25, 0.3) is 0 Å². The van der Waals surface area contributed by atoms with E-state index in [0.29, 0.717) is 42.6 Å². The summed E-state index contributed by atoms with van der Waals surface area (Å²) in [4.78, 5) is 24.7. The SMILES string of the molecule is COc1cccc(C2CNC(=O)c3nc(Cc4noc(C(C)C)n4)[nH]c3C2)c1. The number of benzene rings is 1. The number of amides is 1. The molecule has 3 heterocycles. The molecule has 3 aromatic rings. The van der Waals surface area contributed by atoms with Crippen LogP contribution in [0.4, 0.5) is 0 Å². The maximum absolute atomic E-state index is 12.5. The average Bonchev–Trinajstić information content (AvgIpc) is 3.29. The van der Waals surface area contributed by atoms with Crippen LogP contribution in [-0.4, -0.2) is 39.7 Å². The van der Waals surface area contributed by atoms with Gasteiger partial charge in [0, 0.05) is 24.1 Å². The van der Waals surface area contributed by atoms with Gasteiger partial charge in [-0.05, 0) is 24.1 Å². The smallest absolute Gasteiger partial charge is 0.271 e. The number of rotatable bonds is 5. The van der Waals surface area contributed by atoms with E-state index < -0.39 is 0 Å². The molecule has 8 nitrogen and oxygen atoms in total. The van der Waals surface area contributed by atoms with Crippen LogP contribution in [0.2, 0.25) is 0 Å². The van der Waals surface area contributed by atoms with Crippen molar-refractivity contribution in [3.63, 3.8) is 0 Å². The van der Waals surface area contributed by atoms with Gasteiger partial charge in [0.2, 0.25) is 5.89 Å². The van der Waals surface area contributed by atoms with Crippen LogP contribution in [0, 0.1) is 0 Å². The monoisotopic (exact) mass is 381 g/mol. The zero-order valence-electron chi connectivity index (χ0n) is 16.2. The molecule has 0 aliphatic carbocycles. The molecule has 0 bridgehead atoms. The third-order valence-corrected chi connectivity index (χ3v) is 4.87. The van der Waals surface area contributed by atoms with Gasteiger partial charge >= 0.3 is 0 Å². The zero-order chi connectivity index (χ0) is 19.7. The van der Waals surface area contributed by atoms with Gasteiger partial charge in [0.15, 0.2) is 5.82 Å². The highest BCUT2D eigenvalue weighted by atomic mass is 16.5. The lowest BCUT2D eigenvalue weighted by Gasteiger charge is -2.15. The molecule has 4 rings (SSSR count). The van der Waals surface area contributed by atoms with Gasteiger partial charge in [0.1, 0.15) is 17.3 Å². The lowest BCUT2D eigenvalue weighted by Crippen LogP contribution is -2.26. The number of carbonyl (C=O) groups excluding carboxylic acids is 1. The van der Waals surface area contributed by atoms with E-state index in [2.05, 4.69) is 25.4 Å². The third kappa shape index (κ3) is 3.62. The molecule has 1 atom stereocenters. The molecule has 1 aromatic carbocycles. The van der Waals surface area contributed by atoms with E-state index in [1.807, 2.05) is 38.1 Å². The number of nitrogens with zero attached hydrogens (tertiary/aromatic N) is 3. The zero-order valence-corrected chi connectivity index (χ0v) is 16.2. The van der Waals surface area contributed by atoms with Crippen LogP contribution in [0.5, 0.6) is 5.75 Å². The Morgan fingerprint density at radius 2 is 2.18 bits per heavy atom. The van der Waals surface area contributed by atoms with Crippen molar-refractivity contribution in [2.75, 3.05) is 13.7 Å². The van der Waals surface area contributed by atoms with Crippen LogP contribution < -0.4 is 10.1 Å². The topological polar surface area (TPSA) is 106 Å². The van der Waals surface area contributed by atoms with Gasteiger partial charge in [-0.2, -0.15) is 4.98 Å². The molecule has 0 saturated heterocycles. The van der Waals surface area contributed by atoms with Crippen molar-refractivity contribution in [2.45, 2.75) is 38.5 Å². The van der Waals surface area contributed by atoms with E-state index in [4.69, 9.17) is 9.26 Å². The minimum atomic E-state index is -0.168. The number of fused-ring (bicyclic) bond motifs is 1. The first kappa shape index (κ1) is 18.2. The Morgan fingerprint density at radius 1 is 1.32 bits per heavy atom. The van der Waals surface area contributed by atoms with E-state index in [-0.39, 0.29) is 17.7 Å². The number of nitrogens with one attached hydrogen (secondary N) is 2. The fourth-order valence-corrected chi connectivity index (χ4v) is 3.36. The van der Waals surface area contributed by atoms with Gasteiger partial charge in [-0.1, -0.05) is 31.1 Å². The summed E-state index contributed by atoms with van der Waals surface area (Å²) in [5.41, 5.74) is 2.38. The van der Waals surface area contributed by atoms with Gasteiger partial charge in [-0.15, -0.1) is 0 Å². The molecule has 1 aliphatic rings. The van der Waals surface area contributed by atoms with Crippen LogP contribution in [0.1, 0.15) is 65.0 Å². The quantitative estimate of drug-likeness (QED) is 0.704. The molecule has 0 spiro atoms. The summed E-state index contributed by atoms with van der Waals surface area (Å²) in [5.74, 6) is 2.74. The number of H-pyrrole nitrogens is 1. The Bertz CT molecular complexity index is 991. The van der Waals surface area contributed by atoms with E-state index in [9.17, 15) is 4.79 Å². The van der Waals surface area contributed by atoms with Gasteiger partial charge in [-0.3, -0.25) is 4.79 Å². The Hall–Kier alpha value is -3.16. The van der Waals surface area contributed by atoms with Gasteiger partial charge in [-0.25, -0.2) is 4.98 Å². The van der Waals surface area contributed by atoms with E-state index in [1.165, 1.54) is 0 Å². The molecular formula is C20H23N5O3. The Kier molecular flexibility index (Phi) is 4.85. The van der Waals surface area contributed by atoms with E-state index in [0.717, 1.165) is 17.0 Å². The van der Waals surface area contributed by atoms with Crippen molar-refractivity contribution in [3.8, 4) is 5.75 Å². The second kappa shape index (κ2) is 7.46. The van der Waals surface area contributed by atoms with Gasteiger partial charge in [0.05, 0.1) is 13.5 Å². The normalized spacial score (nSPS) is 16.6. The first-order valence-electron chi connectivity index (χ1n) is 9.36. The van der Waals surface area contributed by atoms with E-state index in [1.54, 1.807) is 7.11 Å². The number of methoxy groups -OCH3 is 1. The molecule has 1 unspecified atom stereocenters. The van der Waals surface area contributed by atoms with Crippen molar-refractivity contribution < 1.29 is 14.1 Å². The fourth-order valence-electron chi connectivity index (χ4n) is 3.36. The van der Waals surface area contributed by atoms with Gasteiger partial charge < -0.3 is 19.6 Å². The van der Waals surface area contributed by atoms with Crippen LogP contribution in [-0.2, 0) is 12.8 Å². The lowest BCUT2D eigenvalue weighted by molar-refractivity contribution is 0.0950. The molecule has 1 amide bonds. The summed E-state index contributed by atoms with van der Waals surface area (Å²) in [6, 6.07) is 7.93. The summed E-state index contributed by atoms with van der Waals surface area (Å²) in [6.07, 6.45) is 1.07. The summed E-state index contributed by atoms with van der Waals surface area (Å²) < 4.78 is 10.6. The second-order valence-corrected chi connectivity index (χ2v) is 7.28. The fraction of sp³-hybridized carbons (Fsp3) is 0.400. The first-order chi connectivity index (χ1) is 13.5. The van der Waals surface area contributed by atoms with Crippen molar-refractivity contribution in [2.24, 2.45) is 0 Å². The average molecular weight is 381 g/mol. The standard InChI is InChI=1S/C20H23N5O3/c1-11(2)20-24-17(25-28-20)9-16-22-15-8-13(10-21-19(26)18(15)23-16)12-5-4-6-14(7-12)27-3/h4-7,11,13H,8-10H2,1-3H3,(H,21,26)(H,22,23). The maximum Gasteiger partial charge on any atom is 0.271 e. The predicted molar refractivity (Wildman–Crippen MR) is 102 cm³/mol. The van der Waals surface area contributed by atoms with Crippen molar-refractivity contribution in [1.29, 1.82) is 0 Å². The van der Waals surface area contributed by atoms with Gasteiger partial charge in [0.25, 0.3) is 5.91 Å². The number of carbonyl (C=O) groups is 1. The Morgan fingerprint density at radius 3 is 2.93 bits per heavy atom. The van der Waals surface area contributed by atoms with E-state index >= 15 is 0 Å². The molecule has 0 fully saturated rings. The Balaban J connectivity index is 1.57. The second-order valence-electron chi connectivity index (χ2n) is 7.28. The number of ether oxygens (including phenoxy) is 1. The van der Waals surface area contributed by atoms with Crippen molar-refractivity contribution in [1.82, 2.24) is 25.4 Å². The summed E-state index contributed by atoms with van der Waals surface area (Å²) in [7, 11) is 1.65. The summed E-state index contributed by atoms with van der Waals surface area (Å²) >= 11 is 0. The van der Waals surface area contributed by atoms with Crippen LogP contribution in [0.3, 0.4) is 0 Å². The lowest BCUT2D eigenvalue weighted by atomic mass is 9.94. The molecule has 28 heavy (non-hydrogen) atoms. The number of hydrogen-bond donors (Lipinski definition) is 2. The minimum Gasteiger partial charge on any atom is -0.497 e. The molecular weight excluding hydrogens is 358 g/mol. The highest BCUT2D eigenvalue weighted by Gasteiger charge is 2.27. The molecule has 8 heteroatoms.